The van der Waals surface area contributed by atoms with Gasteiger partial charge in [-0.05, 0) is 25.0 Å². The summed E-state index contributed by atoms with van der Waals surface area (Å²) in [6.07, 6.45) is 9.08. The number of nitrogens with zero attached hydrogens (tertiary/aromatic N) is 3. The molecule has 2 aromatic heterocycles. The van der Waals surface area contributed by atoms with Gasteiger partial charge in [0.05, 0.1) is 5.01 Å². The third kappa shape index (κ3) is 3.55. The molecular formula is C15H20N4S. The van der Waals surface area contributed by atoms with Gasteiger partial charge in [0, 0.05) is 61.8 Å². The third-order valence-electron chi connectivity index (χ3n) is 3.78. The number of aromatic nitrogens is 2. The van der Waals surface area contributed by atoms with Crippen molar-refractivity contribution in [2.24, 2.45) is 0 Å². The number of rotatable bonds is 5. The number of thiazole rings is 1. The molecule has 5 heteroatoms. The van der Waals surface area contributed by atoms with Crippen molar-refractivity contribution in [1.82, 2.24) is 15.3 Å². The van der Waals surface area contributed by atoms with Crippen molar-refractivity contribution in [2.45, 2.75) is 25.3 Å². The van der Waals surface area contributed by atoms with Gasteiger partial charge < -0.3 is 10.2 Å². The lowest BCUT2D eigenvalue weighted by Crippen LogP contribution is -2.43. The first kappa shape index (κ1) is 13.5. The van der Waals surface area contributed by atoms with E-state index in [4.69, 9.17) is 0 Å². The van der Waals surface area contributed by atoms with Crippen LogP contribution in [0.1, 0.15) is 17.8 Å². The zero-order chi connectivity index (χ0) is 13.6. The Kier molecular flexibility index (Phi) is 4.61. The minimum absolute atomic E-state index is 0.646. The predicted molar refractivity (Wildman–Crippen MR) is 83.3 cm³/mol. The summed E-state index contributed by atoms with van der Waals surface area (Å²) in [5.41, 5.74) is 1.29. The highest BCUT2D eigenvalue weighted by atomic mass is 32.1. The highest BCUT2D eigenvalue weighted by Crippen LogP contribution is 2.18. The van der Waals surface area contributed by atoms with Gasteiger partial charge in [-0.25, -0.2) is 4.98 Å². The molecule has 3 rings (SSSR count). The number of anilines is 1. The van der Waals surface area contributed by atoms with E-state index in [0.29, 0.717) is 6.04 Å². The second-order valence-corrected chi connectivity index (χ2v) is 6.08. The SMILES string of the molecule is c1cc(N2CCC(NCCc3nccs3)CC2)ccn1. The van der Waals surface area contributed by atoms with Gasteiger partial charge in [0.1, 0.15) is 0 Å². The van der Waals surface area contributed by atoms with Crippen LogP contribution in [-0.4, -0.2) is 35.6 Å². The molecule has 1 aliphatic heterocycles. The lowest BCUT2D eigenvalue weighted by atomic mass is 10.0. The van der Waals surface area contributed by atoms with E-state index >= 15 is 0 Å². The van der Waals surface area contributed by atoms with E-state index in [1.54, 1.807) is 11.3 Å². The molecule has 0 amide bonds. The fourth-order valence-electron chi connectivity index (χ4n) is 2.66. The van der Waals surface area contributed by atoms with Crippen LogP contribution in [0.25, 0.3) is 0 Å². The smallest absolute Gasteiger partial charge is 0.0937 e. The first-order valence-corrected chi connectivity index (χ1v) is 8.06. The third-order valence-corrected chi connectivity index (χ3v) is 4.62. The molecule has 0 atom stereocenters. The summed E-state index contributed by atoms with van der Waals surface area (Å²) < 4.78 is 0. The average molecular weight is 288 g/mol. The molecule has 0 spiro atoms. The summed E-state index contributed by atoms with van der Waals surface area (Å²) in [6.45, 7) is 3.28. The van der Waals surface area contributed by atoms with E-state index in [0.717, 1.165) is 26.1 Å². The highest BCUT2D eigenvalue weighted by molar-refractivity contribution is 7.09. The number of pyridine rings is 1. The average Bonchev–Trinajstić information content (AvgIpc) is 3.02. The van der Waals surface area contributed by atoms with Crippen molar-refractivity contribution in [3.8, 4) is 0 Å². The topological polar surface area (TPSA) is 41.0 Å². The van der Waals surface area contributed by atoms with Crippen molar-refractivity contribution in [1.29, 1.82) is 0 Å². The lowest BCUT2D eigenvalue weighted by Gasteiger charge is -2.34. The molecule has 4 nitrogen and oxygen atoms in total. The molecule has 0 aliphatic carbocycles. The van der Waals surface area contributed by atoms with Crippen molar-refractivity contribution < 1.29 is 0 Å². The van der Waals surface area contributed by atoms with E-state index in [1.807, 2.05) is 24.0 Å². The van der Waals surface area contributed by atoms with Gasteiger partial charge in [0.2, 0.25) is 0 Å². The van der Waals surface area contributed by atoms with Crippen LogP contribution in [0.15, 0.2) is 36.1 Å². The van der Waals surface area contributed by atoms with Crippen molar-refractivity contribution >= 4 is 17.0 Å². The van der Waals surface area contributed by atoms with Gasteiger partial charge in [-0.3, -0.25) is 4.98 Å². The zero-order valence-electron chi connectivity index (χ0n) is 11.5. The van der Waals surface area contributed by atoms with E-state index in [1.165, 1.54) is 23.5 Å². The minimum atomic E-state index is 0.646. The molecule has 0 aromatic carbocycles. The molecule has 2 aromatic rings. The monoisotopic (exact) mass is 288 g/mol. The zero-order valence-corrected chi connectivity index (χ0v) is 12.4. The molecule has 0 radical (unpaired) electrons. The molecule has 0 saturated carbocycles. The number of piperidine rings is 1. The second-order valence-electron chi connectivity index (χ2n) is 5.10. The van der Waals surface area contributed by atoms with E-state index in [9.17, 15) is 0 Å². The first-order chi connectivity index (χ1) is 9.92. The molecule has 106 valence electrons. The van der Waals surface area contributed by atoms with Crippen LogP contribution in [0.2, 0.25) is 0 Å². The fourth-order valence-corrected chi connectivity index (χ4v) is 3.28. The van der Waals surface area contributed by atoms with Crippen LogP contribution in [0.5, 0.6) is 0 Å². The van der Waals surface area contributed by atoms with E-state index in [-0.39, 0.29) is 0 Å². The Hall–Kier alpha value is -1.46. The van der Waals surface area contributed by atoms with Crippen molar-refractivity contribution in [3.63, 3.8) is 0 Å². The molecule has 0 unspecified atom stereocenters. The predicted octanol–water partition coefficient (Wildman–Crippen LogP) is 2.34. The van der Waals surface area contributed by atoms with Gasteiger partial charge in [0.15, 0.2) is 0 Å². The van der Waals surface area contributed by atoms with Crippen molar-refractivity contribution in [2.75, 3.05) is 24.5 Å². The molecule has 1 N–H and O–H groups in total. The maximum Gasteiger partial charge on any atom is 0.0937 e. The van der Waals surface area contributed by atoms with Gasteiger partial charge in [-0.1, -0.05) is 0 Å². The van der Waals surface area contributed by atoms with Crippen LogP contribution >= 0.6 is 11.3 Å². The minimum Gasteiger partial charge on any atom is -0.371 e. The Morgan fingerprint density at radius 3 is 2.70 bits per heavy atom. The second kappa shape index (κ2) is 6.81. The standard InChI is InChI=1S/C15H20N4S/c1-6-16-7-2-14(1)19-10-4-13(5-11-19)17-8-3-15-18-9-12-20-15/h1-2,6-7,9,12-13,17H,3-5,8,10-11H2. The lowest BCUT2D eigenvalue weighted by molar-refractivity contribution is 0.417. The number of hydrogen-bond acceptors (Lipinski definition) is 5. The van der Waals surface area contributed by atoms with Crippen LogP contribution in [-0.2, 0) is 6.42 Å². The molecule has 1 fully saturated rings. The molecule has 1 saturated heterocycles. The van der Waals surface area contributed by atoms with Gasteiger partial charge >= 0.3 is 0 Å². The maximum absolute atomic E-state index is 4.31. The molecule has 20 heavy (non-hydrogen) atoms. The summed E-state index contributed by atoms with van der Waals surface area (Å²) in [5, 5.41) is 6.93. The number of hydrogen-bond donors (Lipinski definition) is 1. The Morgan fingerprint density at radius 2 is 2.00 bits per heavy atom. The molecule has 0 bridgehead atoms. The molecular weight excluding hydrogens is 268 g/mol. The largest absolute Gasteiger partial charge is 0.371 e. The summed E-state index contributed by atoms with van der Waals surface area (Å²) in [4.78, 5) is 10.8. The quantitative estimate of drug-likeness (QED) is 0.917. The summed E-state index contributed by atoms with van der Waals surface area (Å²) in [6, 6.07) is 4.83. The Bertz CT molecular complexity index is 492. The Morgan fingerprint density at radius 1 is 1.20 bits per heavy atom. The summed E-state index contributed by atoms with van der Waals surface area (Å²) in [7, 11) is 0. The Balaban J connectivity index is 1.40. The van der Waals surface area contributed by atoms with Crippen molar-refractivity contribution in [3.05, 3.63) is 41.1 Å². The van der Waals surface area contributed by atoms with Crippen LogP contribution in [0.3, 0.4) is 0 Å². The van der Waals surface area contributed by atoms with Gasteiger partial charge in [0.25, 0.3) is 0 Å². The van der Waals surface area contributed by atoms with Crippen LogP contribution in [0.4, 0.5) is 5.69 Å². The highest BCUT2D eigenvalue weighted by Gasteiger charge is 2.18. The number of nitrogens with one attached hydrogen (secondary N) is 1. The fraction of sp³-hybridized carbons (Fsp3) is 0.467. The van der Waals surface area contributed by atoms with E-state index in [2.05, 4.69) is 32.3 Å². The first-order valence-electron chi connectivity index (χ1n) is 7.18. The normalized spacial score (nSPS) is 16.5. The van der Waals surface area contributed by atoms with Gasteiger partial charge in [-0.2, -0.15) is 0 Å². The van der Waals surface area contributed by atoms with Crippen LogP contribution < -0.4 is 10.2 Å². The van der Waals surface area contributed by atoms with Crippen LogP contribution in [0, 0.1) is 0 Å². The van der Waals surface area contributed by atoms with E-state index < -0.39 is 0 Å². The molecule has 3 heterocycles. The maximum atomic E-state index is 4.31. The Labute approximate surface area is 123 Å². The molecule has 1 aliphatic rings. The summed E-state index contributed by atoms with van der Waals surface area (Å²) in [5.74, 6) is 0. The van der Waals surface area contributed by atoms with Gasteiger partial charge in [-0.15, -0.1) is 11.3 Å². The summed E-state index contributed by atoms with van der Waals surface area (Å²) >= 11 is 1.74.